The van der Waals surface area contributed by atoms with E-state index in [9.17, 15) is 20.0 Å². The number of benzene rings is 1. The van der Waals surface area contributed by atoms with Crippen LogP contribution in [0.15, 0.2) is 18.2 Å². The first kappa shape index (κ1) is 15.9. The maximum absolute atomic E-state index is 12.1. The molecule has 1 aromatic carbocycles. The lowest BCUT2D eigenvalue weighted by Crippen LogP contribution is -2.29. The molecule has 1 unspecified atom stereocenters. The van der Waals surface area contributed by atoms with Gasteiger partial charge in [-0.1, -0.05) is 0 Å². The molecule has 1 atom stereocenters. The molecule has 0 saturated carbocycles. The van der Waals surface area contributed by atoms with Gasteiger partial charge in [0.25, 0.3) is 5.91 Å². The van der Waals surface area contributed by atoms with Gasteiger partial charge in [0.2, 0.25) is 0 Å². The number of methoxy groups -OCH3 is 1. The van der Waals surface area contributed by atoms with E-state index in [0.29, 0.717) is 18.5 Å². The summed E-state index contributed by atoms with van der Waals surface area (Å²) in [6.07, 6.45) is -0.0246. The van der Waals surface area contributed by atoms with Gasteiger partial charge in [0.05, 0.1) is 18.1 Å². The number of carbonyl (C=O) groups is 1. The predicted octanol–water partition coefficient (Wildman–Crippen LogP) is 1.45. The van der Waals surface area contributed by atoms with Crippen LogP contribution >= 0.6 is 0 Å². The third-order valence-electron chi connectivity index (χ3n) is 2.85. The molecule has 0 aromatic heterocycles. The minimum atomic E-state index is -0.565. The van der Waals surface area contributed by atoms with Crippen molar-refractivity contribution in [3.05, 3.63) is 33.9 Å². The highest BCUT2D eigenvalue weighted by Crippen LogP contribution is 2.27. The van der Waals surface area contributed by atoms with Crippen LogP contribution in [0.4, 0.5) is 5.69 Å². The molecule has 0 aliphatic heterocycles. The van der Waals surface area contributed by atoms with Gasteiger partial charge >= 0.3 is 5.69 Å². The lowest BCUT2D eigenvalue weighted by Gasteiger charge is -2.18. The molecule has 0 aliphatic rings. The van der Waals surface area contributed by atoms with Gasteiger partial charge in [-0.05, 0) is 19.4 Å². The molecular formula is C13H18N2O5. The molecule has 110 valence electrons. The number of hydrogen-bond acceptors (Lipinski definition) is 5. The number of nitro groups is 1. The third kappa shape index (κ3) is 3.92. The monoisotopic (exact) mass is 282 g/mol. The zero-order valence-electron chi connectivity index (χ0n) is 11.7. The van der Waals surface area contributed by atoms with Crippen LogP contribution in [0, 0.1) is 10.1 Å². The fourth-order valence-electron chi connectivity index (χ4n) is 1.66. The summed E-state index contributed by atoms with van der Waals surface area (Å²) >= 11 is 0. The Morgan fingerprint density at radius 2 is 2.20 bits per heavy atom. The molecule has 0 saturated heterocycles. The Morgan fingerprint density at radius 1 is 1.55 bits per heavy atom. The van der Waals surface area contributed by atoms with Crippen LogP contribution in [0.3, 0.4) is 0 Å². The lowest BCUT2D eigenvalue weighted by atomic mass is 10.1. The molecule has 0 aliphatic carbocycles. The molecule has 0 heterocycles. The van der Waals surface area contributed by atoms with Gasteiger partial charge in [0.15, 0.2) is 5.75 Å². The summed E-state index contributed by atoms with van der Waals surface area (Å²) in [5, 5.41) is 20.0. The Morgan fingerprint density at radius 3 is 2.70 bits per heavy atom. The van der Waals surface area contributed by atoms with Crippen molar-refractivity contribution >= 4 is 11.6 Å². The smallest absolute Gasteiger partial charge is 0.310 e. The van der Waals surface area contributed by atoms with E-state index in [1.54, 1.807) is 14.0 Å². The van der Waals surface area contributed by atoms with Gasteiger partial charge in [0, 0.05) is 31.3 Å². The summed E-state index contributed by atoms with van der Waals surface area (Å²) in [5.41, 5.74) is 0.122. The molecule has 1 amide bonds. The van der Waals surface area contributed by atoms with Gasteiger partial charge in [-0.2, -0.15) is 0 Å². The predicted molar refractivity (Wildman–Crippen MR) is 72.9 cm³/mol. The number of carbonyl (C=O) groups excluding carboxylic acids is 1. The molecule has 7 nitrogen and oxygen atoms in total. The highest BCUT2D eigenvalue weighted by atomic mass is 16.6. The highest BCUT2D eigenvalue weighted by molar-refractivity contribution is 5.94. The Balaban J connectivity index is 2.91. The first-order chi connectivity index (χ1) is 9.36. The maximum Gasteiger partial charge on any atom is 0.310 e. The van der Waals surface area contributed by atoms with E-state index in [4.69, 9.17) is 4.74 Å². The molecule has 7 heteroatoms. The zero-order chi connectivity index (χ0) is 15.3. The van der Waals surface area contributed by atoms with Crippen molar-refractivity contribution in [2.75, 3.05) is 20.7 Å². The standard InChI is InChI=1S/C13H18N2O5/c1-9(16)6-7-14(2)13(17)10-4-5-11(15(18)19)12(8-10)20-3/h4-5,8-9,16H,6-7H2,1-3H3. The number of rotatable bonds is 6. The summed E-state index contributed by atoms with van der Waals surface area (Å²) in [4.78, 5) is 23.8. The number of aliphatic hydroxyl groups excluding tert-OH is 1. The van der Waals surface area contributed by atoms with Gasteiger partial charge in [-0.3, -0.25) is 14.9 Å². The van der Waals surface area contributed by atoms with Crippen LogP contribution in [0.2, 0.25) is 0 Å². The lowest BCUT2D eigenvalue weighted by molar-refractivity contribution is -0.385. The van der Waals surface area contributed by atoms with Crippen molar-refractivity contribution in [3.8, 4) is 5.75 Å². The second-order valence-electron chi connectivity index (χ2n) is 4.51. The van der Waals surface area contributed by atoms with Crippen molar-refractivity contribution in [2.45, 2.75) is 19.4 Å². The first-order valence-corrected chi connectivity index (χ1v) is 6.12. The van der Waals surface area contributed by atoms with Crippen molar-refractivity contribution in [3.63, 3.8) is 0 Å². The summed E-state index contributed by atoms with van der Waals surface area (Å²) in [7, 11) is 2.92. The summed E-state index contributed by atoms with van der Waals surface area (Å²) in [5.74, 6) is -0.233. The molecule has 20 heavy (non-hydrogen) atoms. The number of aliphatic hydroxyl groups is 1. The minimum Gasteiger partial charge on any atom is -0.490 e. The van der Waals surface area contributed by atoms with Crippen LogP contribution in [0.25, 0.3) is 0 Å². The Labute approximate surface area is 116 Å². The summed E-state index contributed by atoms with van der Waals surface area (Å²) < 4.78 is 4.92. The fourth-order valence-corrected chi connectivity index (χ4v) is 1.66. The van der Waals surface area contributed by atoms with Gasteiger partial charge in [0.1, 0.15) is 0 Å². The number of nitro benzene ring substituents is 1. The number of amides is 1. The van der Waals surface area contributed by atoms with Crippen molar-refractivity contribution in [1.82, 2.24) is 4.90 Å². The van der Waals surface area contributed by atoms with E-state index in [-0.39, 0.29) is 17.3 Å². The summed E-state index contributed by atoms with van der Waals surface area (Å²) in [6, 6.07) is 3.98. The second kappa shape index (κ2) is 6.85. The van der Waals surface area contributed by atoms with E-state index in [2.05, 4.69) is 0 Å². The van der Waals surface area contributed by atoms with E-state index in [0.717, 1.165) is 0 Å². The maximum atomic E-state index is 12.1. The molecule has 0 radical (unpaired) electrons. The van der Waals surface area contributed by atoms with Crippen LogP contribution < -0.4 is 4.74 Å². The van der Waals surface area contributed by atoms with Gasteiger partial charge in [-0.25, -0.2) is 0 Å². The number of nitrogens with zero attached hydrogens (tertiary/aromatic N) is 2. The normalized spacial score (nSPS) is 11.8. The van der Waals surface area contributed by atoms with E-state index in [1.807, 2.05) is 0 Å². The third-order valence-corrected chi connectivity index (χ3v) is 2.85. The van der Waals surface area contributed by atoms with E-state index in [1.165, 1.54) is 30.2 Å². The Hall–Kier alpha value is -2.15. The van der Waals surface area contributed by atoms with E-state index < -0.39 is 11.0 Å². The van der Waals surface area contributed by atoms with Crippen molar-refractivity contribution < 1.29 is 19.6 Å². The van der Waals surface area contributed by atoms with Crippen LogP contribution in [-0.2, 0) is 0 Å². The van der Waals surface area contributed by atoms with E-state index >= 15 is 0 Å². The highest BCUT2D eigenvalue weighted by Gasteiger charge is 2.19. The minimum absolute atomic E-state index is 0.0461. The quantitative estimate of drug-likeness (QED) is 0.629. The molecule has 1 aromatic rings. The largest absolute Gasteiger partial charge is 0.490 e. The molecule has 0 bridgehead atoms. The molecule has 1 rings (SSSR count). The topological polar surface area (TPSA) is 92.9 Å². The fraction of sp³-hybridized carbons (Fsp3) is 0.462. The van der Waals surface area contributed by atoms with Crippen LogP contribution in [0.1, 0.15) is 23.7 Å². The SMILES string of the molecule is COc1cc(C(=O)N(C)CCC(C)O)ccc1[N+](=O)[O-]. The van der Waals surface area contributed by atoms with Crippen molar-refractivity contribution in [1.29, 1.82) is 0 Å². The summed E-state index contributed by atoms with van der Waals surface area (Å²) in [6.45, 7) is 2.04. The van der Waals surface area contributed by atoms with Crippen LogP contribution in [-0.4, -0.2) is 47.6 Å². The zero-order valence-corrected chi connectivity index (χ0v) is 11.7. The van der Waals surface area contributed by atoms with Gasteiger partial charge in [-0.15, -0.1) is 0 Å². The van der Waals surface area contributed by atoms with Crippen molar-refractivity contribution in [2.24, 2.45) is 0 Å². The molecule has 0 fully saturated rings. The molecular weight excluding hydrogens is 264 g/mol. The Kier molecular flexibility index (Phi) is 5.45. The number of ether oxygens (including phenoxy) is 1. The average Bonchev–Trinajstić information content (AvgIpc) is 2.42. The average molecular weight is 282 g/mol. The Bertz CT molecular complexity index is 502. The number of hydrogen-bond donors (Lipinski definition) is 1. The van der Waals surface area contributed by atoms with Crippen LogP contribution in [0.5, 0.6) is 5.75 Å². The second-order valence-corrected chi connectivity index (χ2v) is 4.51. The molecule has 0 spiro atoms. The van der Waals surface area contributed by atoms with Gasteiger partial charge < -0.3 is 14.7 Å². The first-order valence-electron chi connectivity index (χ1n) is 6.12. The molecule has 1 N–H and O–H groups in total.